The number of carbonyl (C=O) groups is 1. The fourth-order valence-electron chi connectivity index (χ4n) is 2.37. The van der Waals surface area contributed by atoms with Crippen molar-refractivity contribution in [2.45, 2.75) is 56.5 Å². The molecule has 1 aromatic rings. The van der Waals surface area contributed by atoms with Gasteiger partial charge >= 0.3 is 0 Å². The van der Waals surface area contributed by atoms with Crippen molar-refractivity contribution in [3.05, 3.63) is 18.0 Å². The van der Waals surface area contributed by atoms with E-state index in [1.165, 1.54) is 12.3 Å². The summed E-state index contributed by atoms with van der Waals surface area (Å²) in [5, 5.41) is 2.97. The van der Waals surface area contributed by atoms with E-state index in [2.05, 4.69) is 5.32 Å². The van der Waals surface area contributed by atoms with Gasteiger partial charge < -0.3 is 9.88 Å². The normalized spacial score (nSPS) is 17.9. The molecule has 112 valence electrons. The van der Waals surface area contributed by atoms with Crippen LogP contribution in [0.5, 0.6) is 0 Å². The third kappa shape index (κ3) is 3.01. The van der Waals surface area contributed by atoms with Crippen LogP contribution in [0, 0.1) is 0 Å². The largest absolute Gasteiger partial charge is 0.346 e. The van der Waals surface area contributed by atoms with Crippen LogP contribution < -0.4 is 5.32 Å². The maximum atomic E-state index is 12.3. The van der Waals surface area contributed by atoms with E-state index in [4.69, 9.17) is 10.7 Å². The van der Waals surface area contributed by atoms with Gasteiger partial charge in [0.1, 0.15) is 10.6 Å². The van der Waals surface area contributed by atoms with Gasteiger partial charge in [-0.05, 0) is 46.1 Å². The molecule has 0 bridgehead atoms. The molecule has 1 aliphatic rings. The highest BCUT2D eigenvalue weighted by molar-refractivity contribution is 8.13. The van der Waals surface area contributed by atoms with Gasteiger partial charge in [-0.1, -0.05) is 0 Å². The molecule has 0 spiro atoms. The lowest BCUT2D eigenvalue weighted by Gasteiger charge is -2.39. The van der Waals surface area contributed by atoms with Crippen LogP contribution in [-0.2, 0) is 9.05 Å². The Kier molecular flexibility index (Phi) is 3.90. The van der Waals surface area contributed by atoms with Crippen LogP contribution in [0.3, 0.4) is 0 Å². The zero-order valence-corrected chi connectivity index (χ0v) is 13.4. The summed E-state index contributed by atoms with van der Waals surface area (Å²) < 4.78 is 24.5. The number of halogens is 1. The number of hydrogen-bond donors (Lipinski definition) is 1. The molecule has 1 N–H and O–H groups in total. The summed E-state index contributed by atoms with van der Waals surface area (Å²) in [4.78, 5) is 12.3. The van der Waals surface area contributed by atoms with Gasteiger partial charge in [-0.2, -0.15) is 0 Å². The molecule has 2 rings (SSSR count). The monoisotopic (exact) mass is 318 g/mol. The van der Waals surface area contributed by atoms with Crippen LogP contribution in [0.2, 0.25) is 0 Å². The smallest absolute Gasteiger partial charge is 0.268 e. The van der Waals surface area contributed by atoms with E-state index in [0.717, 1.165) is 19.3 Å². The number of nitrogens with one attached hydrogen (secondary N) is 1. The molecule has 5 nitrogen and oxygen atoms in total. The second kappa shape index (κ2) is 5.07. The van der Waals surface area contributed by atoms with Crippen molar-refractivity contribution in [1.29, 1.82) is 0 Å². The van der Waals surface area contributed by atoms with Crippen LogP contribution >= 0.6 is 10.7 Å². The molecule has 0 saturated heterocycles. The first kappa shape index (κ1) is 15.4. The molecule has 7 heteroatoms. The number of hydrogen-bond acceptors (Lipinski definition) is 3. The molecular weight excluding hydrogens is 300 g/mol. The molecule has 0 radical (unpaired) electrons. The predicted octanol–water partition coefficient (Wildman–Crippen LogP) is 2.67. The fraction of sp³-hybridized carbons (Fsp3) is 0.615. The summed E-state index contributed by atoms with van der Waals surface area (Å²) >= 11 is 0. The van der Waals surface area contributed by atoms with Crippen molar-refractivity contribution in [2.75, 3.05) is 0 Å². The molecule has 20 heavy (non-hydrogen) atoms. The van der Waals surface area contributed by atoms with Gasteiger partial charge in [0.25, 0.3) is 15.0 Å². The van der Waals surface area contributed by atoms with Gasteiger partial charge in [0, 0.05) is 28.5 Å². The summed E-state index contributed by atoms with van der Waals surface area (Å²) in [5.74, 6) is -0.257. The van der Waals surface area contributed by atoms with E-state index in [-0.39, 0.29) is 22.4 Å². The molecule has 1 aliphatic carbocycles. The molecule has 0 unspecified atom stereocenters. The Bertz CT molecular complexity index is 630. The first-order valence-corrected chi connectivity index (χ1v) is 8.92. The molecule has 1 fully saturated rings. The first-order chi connectivity index (χ1) is 9.12. The second-order valence-electron chi connectivity index (χ2n) is 5.87. The quantitative estimate of drug-likeness (QED) is 0.868. The summed E-state index contributed by atoms with van der Waals surface area (Å²) in [5.41, 5.74) is 0.149. The standard InChI is InChI=1S/C13H19ClN2O3S/c1-9(2)16-8-10(20(14,18)19)7-11(16)12(17)15-13(3)5-4-6-13/h7-9H,4-6H2,1-3H3,(H,15,17). The topological polar surface area (TPSA) is 68.2 Å². The first-order valence-electron chi connectivity index (χ1n) is 6.61. The SMILES string of the molecule is CC(C)n1cc(S(=O)(=O)Cl)cc1C(=O)NC1(C)CCC1. The Morgan fingerprint density at radius 3 is 2.45 bits per heavy atom. The van der Waals surface area contributed by atoms with E-state index >= 15 is 0 Å². The minimum absolute atomic E-state index is 0.0305. The van der Waals surface area contributed by atoms with Crippen LogP contribution in [0.15, 0.2) is 17.2 Å². The number of carbonyl (C=O) groups excluding carboxylic acids is 1. The number of amides is 1. The predicted molar refractivity (Wildman–Crippen MR) is 77.6 cm³/mol. The van der Waals surface area contributed by atoms with Crippen molar-refractivity contribution in [3.8, 4) is 0 Å². The summed E-state index contributed by atoms with van der Waals surface area (Å²) in [6.45, 7) is 5.76. The van der Waals surface area contributed by atoms with E-state index in [9.17, 15) is 13.2 Å². The molecule has 0 aliphatic heterocycles. The lowest BCUT2D eigenvalue weighted by molar-refractivity contribution is 0.0839. The molecule has 0 aromatic carbocycles. The van der Waals surface area contributed by atoms with Crippen molar-refractivity contribution in [2.24, 2.45) is 0 Å². The Morgan fingerprint density at radius 1 is 1.45 bits per heavy atom. The van der Waals surface area contributed by atoms with Gasteiger partial charge in [0.2, 0.25) is 0 Å². The number of aromatic nitrogens is 1. The lowest BCUT2D eigenvalue weighted by atomic mass is 9.78. The van der Waals surface area contributed by atoms with Crippen LogP contribution in [0.25, 0.3) is 0 Å². The van der Waals surface area contributed by atoms with Gasteiger partial charge in [-0.15, -0.1) is 0 Å². The molecule has 0 atom stereocenters. The maximum absolute atomic E-state index is 12.3. The van der Waals surface area contributed by atoms with Gasteiger partial charge in [-0.25, -0.2) is 8.42 Å². The summed E-state index contributed by atoms with van der Waals surface area (Å²) in [6.07, 6.45) is 4.40. The van der Waals surface area contributed by atoms with Crippen LogP contribution in [-0.4, -0.2) is 24.4 Å². The third-order valence-electron chi connectivity index (χ3n) is 3.77. The van der Waals surface area contributed by atoms with Crippen molar-refractivity contribution < 1.29 is 13.2 Å². The van der Waals surface area contributed by atoms with E-state index in [1.807, 2.05) is 20.8 Å². The highest BCUT2D eigenvalue weighted by Crippen LogP contribution is 2.31. The van der Waals surface area contributed by atoms with Crippen molar-refractivity contribution in [3.63, 3.8) is 0 Å². The Labute approximate surface area is 123 Å². The molecule has 1 saturated carbocycles. The summed E-state index contributed by atoms with van der Waals surface area (Å²) in [6, 6.07) is 1.30. The van der Waals surface area contributed by atoms with Crippen molar-refractivity contribution >= 4 is 25.6 Å². The second-order valence-corrected chi connectivity index (χ2v) is 8.43. The van der Waals surface area contributed by atoms with Crippen LogP contribution in [0.1, 0.15) is 56.6 Å². The lowest BCUT2D eigenvalue weighted by Crippen LogP contribution is -2.51. The average Bonchev–Trinajstić information content (AvgIpc) is 2.71. The van der Waals surface area contributed by atoms with E-state index in [1.54, 1.807) is 4.57 Å². The highest BCUT2D eigenvalue weighted by Gasteiger charge is 2.34. The summed E-state index contributed by atoms with van der Waals surface area (Å²) in [7, 11) is 1.52. The Balaban J connectivity index is 2.34. The maximum Gasteiger partial charge on any atom is 0.268 e. The van der Waals surface area contributed by atoms with Gasteiger partial charge in [-0.3, -0.25) is 4.79 Å². The Morgan fingerprint density at radius 2 is 2.05 bits per heavy atom. The van der Waals surface area contributed by atoms with E-state index in [0.29, 0.717) is 5.69 Å². The van der Waals surface area contributed by atoms with Crippen molar-refractivity contribution in [1.82, 2.24) is 9.88 Å². The van der Waals surface area contributed by atoms with E-state index < -0.39 is 9.05 Å². The fourth-order valence-corrected chi connectivity index (χ4v) is 3.11. The molecular formula is C13H19ClN2O3S. The Hall–Kier alpha value is -1.01. The highest BCUT2D eigenvalue weighted by atomic mass is 35.7. The molecule has 1 amide bonds. The molecule has 1 heterocycles. The van der Waals surface area contributed by atoms with Crippen LogP contribution in [0.4, 0.5) is 0 Å². The number of rotatable bonds is 4. The zero-order valence-electron chi connectivity index (χ0n) is 11.8. The van der Waals surface area contributed by atoms with Gasteiger partial charge in [0.15, 0.2) is 0 Å². The average molecular weight is 319 g/mol. The number of nitrogens with zero attached hydrogens (tertiary/aromatic N) is 1. The zero-order chi connectivity index (χ0) is 15.1. The van der Waals surface area contributed by atoms with Gasteiger partial charge in [0.05, 0.1) is 0 Å². The minimum atomic E-state index is -3.84. The minimum Gasteiger partial charge on any atom is -0.346 e. The third-order valence-corrected chi connectivity index (χ3v) is 5.09. The molecule has 1 aromatic heterocycles.